The topological polar surface area (TPSA) is 74.0 Å². The average Bonchev–Trinajstić information content (AvgIpc) is 3.51. The number of nitrogens with zero attached hydrogens (tertiary/aromatic N) is 2. The number of aromatic nitrogens is 3. The molecule has 5 aromatic rings. The molecule has 0 bridgehead atoms. The van der Waals surface area contributed by atoms with Gasteiger partial charge in [-0.25, -0.2) is 4.98 Å². The third-order valence-electron chi connectivity index (χ3n) is 5.55. The Balaban J connectivity index is 1.39. The molecule has 5 rings (SSSR count). The first-order chi connectivity index (χ1) is 15.1. The van der Waals surface area contributed by atoms with Gasteiger partial charge in [0.25, 0.3) is 0 Å². The Kier molecular flexibility index (Phi) is 4.95. The monoisotopic (exact) mass is 430 g/mol. The van der Waals surface area contributed by atoms with E-state index in [2.05, 4.69) is 22.1 Å². The number of H-pyrrole nitrogens is 2. The van der Waals surface area contributed by atoms with E-state index in [1.54, 1.807) is 18.9 Å². The molecule has 6 nitrogen and oxygen atoms in total. The van der Waals surface area contributed by atoms with E-state index < -0.39 is 0 Å². The molecule has 0 aliphatic heterocycles. The number of carbonyl (C=O) groups excluding carboxylic acids is 1. The van der Waals surface area contributed by atoms with Crippen LogP contribution in [0.5, 0.6) is 5.75 Å². The van der Waals surface area contributed by atoms with Crippen molar-refractivity contribution in [1.82, 2.24) is 15.0 Å². The number of carbonyl (C=O) groups is 1. The summed E-state index contributed by atoms with van der Waals surface area (Å²) in [5.41, 5.74) is 5.19. The maximum absolute atomic E-state index is 12.4. The summed E-state index contributed by atoms with van der Waals surface area (Å²) in [5, 5.41) is 5.00. The molecule has 0 atom stereocenters. The number of rotatable bonds is 6. The summed E-state index contributed by atoms with van der Waals surface area (Å²) in [5.74, 6) is 0.806. The highest BCUT2D eigenvalue weighted by atomic mass is 32.1. The van der Waals surface area contributed by atoms with Crippen molar-refractivity contribution in [3.8, 4) is 17.0 Å². The molecule has 3 aromatic heterocycles. The minimum absolute atomic E-state index is 0.0127. The molecule has 0 radical (unpaired) electrons. The third-order valence-corrected chi connectivity index (χ3v) is 6.41. The van der Waals surface area contributed by atoms with Crippen molar-refractivity contribution in [2.75, 3.05) is 18.6 Å². The number of hydrogen-bond acceptors (Lipinski definition) is 4. The Hall–Kier alpha value is -3.58. The van der Waals surface area contributed by atoms with Crippen molar-refractivity contribution in [3.05, 3.63) is 65.8 Å². The van der Waals surface area contributed by atoms with Gasteiger partial charge in [0.2, 0.25) is 5.91 Å². The van der Waals surface area contributed by atoms with E-state index in [1.807, 2.05) is 48.1 Å². The molecule has 0 aliphatic rings. The van der Waals surface area contributed by atoms with Crippen LogP contribution in [0.4, 0.5) is 5.13 Å². The molecule has 3 heterocycles. The van der Waals surface area contributed by atoms with Crippen LogP contribution >= 0.6 is 11.3 Å². The van der Waals surface area contributed by atoms with Gasteiger partial charge in [-0.2, -0.15) is 0 Å². The number of aromatic amines is 2. The molecule has 156 valence electrons. The Labute approximate surface area is 183 Å². The summed E-state index contributed by atoms with van der Waals surface area (Å²) >= 11 is 1.49. The van der Waals surface area contributed by atoms with Gasteiger partial charge in [-0.15, -0.1) is 11.3 Å². The maximum Gasteiger partial charge on any atom is 0.225 e. The second-order valence-corrected chi connectivity index (χ2v) is 8.25. The molecule has 0 unspecified atom stereocenters. The van der Waals surface area contributed by atoms with E-state index in [-0.39, 0.29) is 5.91 Å². The van der Waals surface area contributed by atoms with E-state index in [4.69, 9.17) is 9.72 Å². The summed E-state index contributed by atoms with van der Waals surface area (Å²) in [7, 11) is 1.66. The number of ether oxygens (including phenoxy) is 1. The molecule has 2 aromatic carbocycles. The molecule has 0 spiro atoms. The minimum Gasteiger partial charge on any atom is -0.497 e. The van der Waals surface area contributed by atoms with Crippen LogP contribution in [0.25, 0.3) is 33.1 Å². The van der Waals surface area contributed by atoms with Crippen molar-refractivity contribution >= 4 is 44.2 Å². The summed E-state index contributed by atoms with van der Waals surface area (Å²) < 4.78 is 5.30. The molecule has 1 amide bonds. The number of fused-ring (bicyclic) bond motifs is 2. The van der Waals surface area contributed by atoms with E-state index in [9.17, 15) is 4.79 Å². The van der Waals surface area contributed by atoms with Crippen molar-refractivity contribution in [3.63, 3.8) is 0 Å². The Morgan fingerprint density at radius 1 is 1.10 bits per heavy atom. The number of hydrogen-bond donors (Lipinski definition) is 2. The van der Waals surface area contributed by atoms with E-state index >= 15 is 0 Å². The van der Waals surface area contributed by atoms with Gasteiger partial charge in [0.15, 0.2) is 5.13 Å². The summed E-state index contributed by atoms with van der Waals surface area (Å²) in [6.07, 6.45) is 4.71. The quantitative estimate of drug-likeness (QED) is 0.380. The van der Waals surface area contributed by atoms with Crippen LogP contribution in [0.1, 0.15) is 12.5 Å². The Bertz CT molecular complexity index is 1380. The second kappa shape index (κ2) is 7.92. The van der Waals surface area contributed by atoms with E-state index in [0.29, 0.717) is 11.7 Å². The normalized spacial score (nSPS) is 11.3. The van der Waals surface area contributed by atoms with E-state index in [1.165, 1.54) is 11.3 Å². The van der Waals surface area contributed by atoms with Gasteiger partial charge < -0.3 is 14.7 Å². The van der Waals surface area contributed by atoms with Crippen LogP contribution in [0.2, 0.25) is 0 Å². The Morgan fingerprint density at radius 3 is 2.77 bits per heavy atom. The zero-order valence-corrected chi connectivity index (χ0v) is 18.1. The second-order valence-electron chi connectivity index (χ2n) is 7.41. The highest BCUT2D eigenvalue weighted by Crippen LogP contribution is 2.32. The van der Waals surface area contributed by atoms with Crippen LogP contribution in [0.15, 0.2) is 60.2 Å². The lowest BCUT2D eigenvalue weighted by Gasteiger charge is -2.17. The number of para-hydroxylation sites is 1. The maximum atomic E-state index is 12.4. The van der Waals surface area contributed by atoms with Crippen LogP contribution in [0.3, 0.4) is 0 Å². The molecular weight excluding hydrogens is 408 g/mol. The predicted octanol–water partition coefficient (Wildman–Crippen LogP) is 5.38. The van der Waals surface area contributed by atoms with Crippen molar-refractivity contribution in [2.24, 2.45) is 0 Å². The first kappa shape index (κ1) is 19.4. The third kappa shape index (κ3) is 3.57. The summed E-state index contributed by atoms with van der Waals surface area (Å²) in [4.78, 5) is 25.5. The number of nitrogens with one attached hydrogen (secondary N) is 2. The zero-order chi connectivity index (χ0) is 21.4. The molecule has 0 saturated carbocycles. The Morgan fingerprint density at radius 2 is 1.94 bits per heavy atom. The van der Waals surface area contributed by atoms with Crippen LogP contribution in [-0.4, -0.2) is 34.5 Å². The van der Waals surface area contributed by atoms with Crippen molar-refractivity contribution in [2.45, 2.75) is 13.3 Å². The standard InChI is InChI=1S/C24H22N4O2S/c1-15(29)28(10-9-16-12-25-22-11-17(30-2)7-8-18(16)22)24-27-23(14-31-24)20-13-26-21-6-4-3-5-19(20)21/h3-8,11-14,25-26H,9-10H2,1-2H3. The first-order valence-electron chi connectivity index (χ1n) is 10.1. The average molecular weight is 431 g/mol. The predicted molar refractivity (Wildman–Crippen MR) is 126 cm³/mol. The fraction of sp³-hybridized carbons (Fsp3) is 0.167. The van der Waals surface area contributed by atoms with Gasteiger partial charge in [0.05, 0.1) is 12.8 Å². The molecule has 31 heavy (non-hydrogen) atoms. The summed E-state index contributed by atoms with van der Waals surface area (Å²) in [6.45, 7) is 2.15. The van der Waals surface area contributed by atoms with Gasteiger partial charge in [-0.3, -0.25) is 9.69 Å². The fourth-order valence-corrected chi connectivity index (χ4v) is 4.81. The lowest BCUT2D eigenvalue weighted by molar-refractivity contribution is -0.116. The van der Waals surface area contributed by atoms with Crippen LogP contribution < -0.4 is 9.64 Å². The number of anilines is 1. The SMILES string of the molecule is COc1ccc2c(CCN(C(C)=O)c3nc(-c4c[nH]c5ccccc45)cs3)c[nH]c2c1. The number of thiazole rings is 1. The van der Waals surface area contributed by atoms with Gasteiger partial charge in [-0.05, 0) is 30.2 Å². The van der Waals surface area contributed by atoms with Gasteiger partial charge in [-0.1, -0.05) is 18.2 Å². The lowest BCUT2D eigenvalue weighted by atomic mass is 10.1. The van der Waals surface area contributed by atoms with E-state index in [0.717, 1.165) is 50.8 Å². The number of benzene rings is 2. The molecule has 2 N–H and O–H groups in total. The highest BCUT2D eigenvalue weighted by Gasteiger charge is 2.18. The molecule has 0 aliphatic carbocycles. The van der Waals surface area contributed by atoms with Gasteiger partial charge in [0.1, 0.15) is 5.75 Å². The molecule has 0 fully saturated rings. The van der Waals surface area contributed by atoms with Crippen LogP contribution in [-0.2, 0) is 11.2 Å². The molecule has 7 heteroatoms. The van der Waals surface area contributed by atoms with Gasteiger partial charge >= 0.3 is 0 Å². The lowest BCUT2D eigenvalue weighted by Crippen LogP contribution is -2.30. The number of methoxy groups -OCH3 is 1. The summed E-state index contributed by atoms with van der Waals surface area (Å²) in [6, 6.07) is 14.1. The van der Waals surface area contributed by atoms with Crippen molar-refractivity contribution in [1.29, 1.82) is 0 Å². The van der Waals surface area contributed by atoms with Crippen molar-refractivity contribution < 1.29 is 9.53 Å². The zero-order valence-electron chi connectivity index (χ0n) is 17.3. The molecule has 0 saturated heterocycles. The minimum atomic E-state index is -0.0127. The first-order valence-corrected chi connectivity index (χ1v) is 11.0. The smallest absolute Gasteiger partial charge is 0.225 e. The fourth-order valence-electron chi connectivity index (χ4n) is 3.91. The van der Waals surface area contributed by atoms with Crippen LogP contribution in [0, 0.1) is 0 Å². The number of amides is 1. The van der Waals surface area contributed by atoms with Gasteiger partial charge in [0, 0.05) is 64.7 Å². The largest absolute Gasteiger partial charge is 0.497 e. The highest BCUT2D eigenvalue weighted by molar-refractivity contribution is 7.14. The molecular formula is C24H22N4O2S.